The van der Waals surface area contributed by atoms with E-state index in [1.807, 2.05) is 0 Å². The molecule has 0 saturated heterocycles. The van der Waals surface area contributed by atoms with Gasteiger partial charge in [0, 0.05) is 11.1 Å². The maximum absolute atomic E-state index is 6.12. The Labute approximate surface area is 142 Å². The molecule has 110 valence electrons. The van der Waals surface area contributed by atoms with Crippen LogP contribution in [0, 0.1) is 0 Å². The Morgan fingerprint density at radius 1 is 1.00 bits per heavy atom. The summed E-state index contributed by atoms with van der Waals surface area (Å²) in [6.45, 7) is 0.233. The van der Waals surface area contributed by atoms with Gasteiger partial charge in [0.2, 0.25) is 0 Å². The molecule has 0 aliphatic heterocycles. The Morgan fingerprint density at radius 2 is 1.76 bits per heavy atom. The van der Waals surface area contributed by atoms with Gasteiger partial charge in [0.1, 0.15) is 28.3 Å². The number of benzene rings is 2. The molecular formula is C15H10Cl4O2. The summed E-state index contributed by atoms with van der Waals surface area (Å²) in [5.41, 5.74) is 0. The fourth-order valence-corrected chi connectivity index (χ4v) is 2.05. The zero-order valence-corrected chi connectivity index (χ0v) is 13.7. The highest BCUT2D eigenvalue weighted by Crippen LogP contribution is 2.32. The van der Waals surface area contributed by atoms with Crippen LogP contribution in [0.15, 0.2) is 53.0 Å². The lowest BCUT2D eigenvalue weighted by Gasteiger charge is -2.09. The van der Waals surface area contributed by atoms with Gasteiger partial charge in [-0.25, -0.2) is 0 Å². The van der Waals surface area contributed by atoms with E-state index in [9.17, 15) is 0 Å². The normalized spacial score (nSPS) is 10.1. The Balaban J connectivity index is 2.06. The van der Waals surface area contributed by atoms with E-state index < -0.39 is 0 Å². The maximum atomic E-state index is 6.12. The molecule has 21 heavy (non-hydrogen) atoms. The maximum Gasteiger partial charge on any atom is 0.138 e. The van der Waals surface area contributed by atoms with Gasteiger partial charge in [-0.05, 0) is 36.4 Å². The van der Waals surface area contributed by atoms with E-state index in [-0.39, 0.29) is 11.1 Å². The molecule has 0 unspecified atom stereocenters. The molecule has 2 aromatic rings. The van der Waals surface area contributed by atoms with Crippen molar-refractivity contribution in [3.63, 3.8) is 0 Å². The van der Waals surface area contributed by atoms with Crippen LogP contribution in [0.25, 0.3) is 0 Å². The number of rotatable bonds is 5. The minimum atomic E-state index is 0.145. The van der Waals surface area contributed by atoms with E-state index in [4.69, 9.17) is 55.9 Å². The zero-order chi connectivity index (χ0) is 15.2. The van der Waals surface area contributed by atoms with Crippen molar-refractivity contribution in [1.82, 2.24) is 0 Å². The summed E-state index contributed by atoms with van der Waals surface area (Å²) in [5, 5.41) is 1.02. The summed E-state index contributed by atoms with van der Waals surface area (Å²) in [4.78, 5) is 0. The van der Waals surface area contributed by atoms with E-state index in [0.29, 0.717) is 27.3 Å². The second kappa shape index (κ2) is 7.81. The third kappa shape index (κ3) is 5.33. The number of ether oxygens (including phenoxy) is 2. The molecule has 0 heterocycles. The van der Waals surface area contributed by atoms with Gasteiger partial charge in [0.05, 0.1) is 5.02 Å². The topological polar surface area (TPSA) is 18.5 Å². The second-order valence-electron chi connectivity index (χ2n) is 3.96. The first-order chi connectivity index (χ1) is 10.0. The summed E-state index contributed by atoms with van der Waals surface area (Å²) in [6.07, 6.45) is 1.52. The molecule has 0 saturated carbocycles. The van der Waals surface area contributed by atoms with Crippen LogP contribution in [0.2, 0.25) is 10.0 Å². The molecule has 0 atom stereocenters. The smallest absolute Gasteiger partial charge is 0.138 e. The summed E-state index contributed by atoms with van der Waals surface area (Å²) in [6, 6.07) is 12.2. The van der Waals surface area contributed by atoms with E-state index in [1.54, 1.807) is 42.5 Å². The van der Waals surface area contributed by atoms with Gasteiger partial charge in [-0.15, -0.1) is 0 Å². The Kier molecular flexibility index (Phi) is 6.07. The highest BCUT2D eigenvalue weighted by molar-refractivity contribution is 6.55. The molecule has 2 aromatic carbocycles. The first-order valence-corrected chi connectivity index (χ1v) is 7.43. The van der Waals surface area contributed by atoms with Gasteiger partial charge in [0.15, 0.2) is 0 Å². The molecule has 0 aliphatic rings. The minimum Gasteiger partial charge on any atom is -0.488 e. The van der Waals surface area contributed by atoms with Crippen molar-refractivity contribution in [3.8, 4) is 17.2 Å². The summed E-state index contributed by atoms with van der Waals surface area (Å²) < 4.78 is 11.2. The van der Waals surface area contributed by atoms with Gasteiger partial charge in [-0.2, -0.15) is 0 Å². The van der Waals surface area contributed by atoms with E-state index in [1.165, 1.54) is 6.08 Å². The SMILES string of the molecule is ClC(Cl)=CCOc1ccc(Oc2cccc(Cl)c2)cc1Cl. The molecule has 0 aliphatic carbocycles. The van der Waals surface area contributed by atoms with E-state index in [2.05, 4.69) is 0 Å². The third-order valence-corrected chi connectivity index (χ3v) is 3.25. The van der Waals surface area contributed by atoms with Gasteiger partial charge in [-0.1, -0.05) is 52.5 Å². The first kappa shape index (κ1) is 16.3. The van der Waals surface area contributed by atoms with Gasteiger partial charge in [-0.3, -0.25) is 0 Å². The largest absolute Gasteiger partial charge is 0.488 e. The first-order valence-electron chi connectivity index (χ1n) is 5.91. The molecule has 0 amide bonds. The predicted molar refractivity (Wildman–Crippen MR) is 88.3 cm³/mol. The van der Waals surface area contributed by atoms with Crippen molar-refractivity contribution in [2.24, 2.45) is 0 Å². The Morgan fingerprint density at radius 3 is 2.43 bits per heavy atom. The Hall–Kier alpha value is -1.06. The fourth-order valence-electron chi connectivity index (χ4n) is 1.52. The van der Waals surface area contributed by atoms with Crippen molar-refractivity contribution < 1.29 is 9.47 Å². The van der Waals surface area contributed by atoms with Crippen LogP contribution in [0.5, 0.6) is 17.2 Å². The fraction of sp³-hybridized carbons (Fsp3) is 0.0667. The average molecular weight is 364 g/mol. The number of hydrogen-bond acceptors (Lipinski definition) is 2. The van der Waals surface area contributed by atoms with Gasteiger partial charge >= 0.3 is 0 Å². The van der Waals surface area contributed by atoms with Crippen molar-refractivity contribution in [2.75, 3.05) is 6.61 Å². The molecule has 0 spiro atoms. The average Bonchev–Trinajstić information content (AvgIpc) is 2.41. The second-order valence-corrected chi connectivity index (χ2v) is 5.81. The molecule has 6 heteroatoms. The van der Waals surface area contributed by atoms with Crippen LogP contribution in [0.4, 0.5) is 0 Å². The van der Waals surface area contributed by atoms with Crippen LogP contribution in [-0.2, 0) is 0 Å². The molecular weight excluding hydrogens is 354 g/mol. The lowest BCUT2D eigenvalue weighted by molar-refractivity contribution is 0.362. The monoisotopic (exact) mass is 362 g/mol. The highest BCUT2D eigenvalue weighted by Gasteiger charge is 2.05. The van der Waals surface area contributed by atoms with Crippen molar-refractivity contribution in [3.05, 3.63) is 63.1 Å². The minimum absolute atomic E-state index is 0.145. The Bertz CT molecular complexity index is 652. The predicted octanol–water partition coefficient (Wildman–Crippen LogP) is 6.48. The molecule has 2 nitrogen and oxygen atoms in total. The van der Waals surface area contributed by atoms with Gasteiger partial charge < -0.3 is 9.47 Å². The summed E-state index contributed by atoms with van der Waals surface area (Å²) in [7, 11) is 0. The molecule has 0 fully saturated rings. The van der Waals surface area contributed by atoms with Crippen LogP contribution in [-0.4, -0.2) is 6.61 Å². The molecule has 0 aromatic heterocycles. The van der Waals surface area contributed by atoms with Crippen LogP contribution in [0.3, 0.4) is 0 Å². The van der Waals surface area contributed by atoms with Gasteiger partial charge in [0.25, 0.3) is 0 Å². The molecule has 2 rings (SSSR count). The quantitative estimate of drug-likeness (QED) is 0.604. The lowest BCUT2D eigenvalue weighted by atomic mass is 10.3. The number of hydrogen-bond donors (Lipinski definition) is 0. The van der Waals surface area contributed by atoms with Crippen LogP contribution >= 0.6 is 46.4 Å². The van der Waals surface area contributed by atoms with Crippen molar-refractivity contribution in [2.45, 2.75) is 0 Å². The standard InChI is InChI=1S/C15H10Cl4O2/c16-10-2-1-3-11(8-10)21-12-4-5-14(13(17)9-12)20-7-6-15(18)19/h1-6,8-9H,7H2. The summed E-state index contributed by atoms with van der Waals surface area (Å²) in [5.74, 6) is 1.73. The lowest BCUT2D eigenvalue weighted by Crippen LogP contribution is -1.94. The van der Waals surface area contributed by atoms with Crippen molar-refractivity contribution in [1.29, 1.82) is 0 Å². The third-order valence-electron chi connectivity index (χ3n) is 2.41. The number of halogens is 4. The van der Waals surface area contributed by atoms with Crippen LogP contribution in [0.1, 0.15) is 0 Å². The molecule has 0 N–H and O–H groups in total. The van der Waals surface area contributed by atoms with Crippen LogP contribution < -0.4 is 9.47 Å². The van der Waals surface area contributed by atoms with Crippen molar-refractivity contribution >= 4 is 46.4 Å². The van der Waals surface area contributed by atoms with E-state index in [0.717, 1.165) is 0 Å². The van der Waals surface area contributed by atoms with E-state index >= 15 is 0 Å². The highest BCUT2D eigenvalue weighted by atomic mass is 35.5. The molecule has 0 bridgehead atoms. The molecule has 0 radical (unpaired) electrons. The summed E-state index contributed by atoms with van der Waals surface area (Å²) >= 11 is 23.0. The zero-order valence-electron chi connectivity index (χ0n) is 10.7.